The van der Waals surface area contributed by atoms with E-state index in [0.717, 1.165) is 0 Å². The number of rotatable bonds is 1. The van der Waals surface area contributed by atoms with Crippen molar-refractivity contribution in [1.29, 1.82) is 0 Å². The fraction of sp³-hybridized carbons (Fsp3) is 1.00. The van der Waals surface area contributed by atoms with Crippen molar-refractivity contribution in [2.45, 2.75) is 26.4 Å². The summed E-state index contributed by atoms with van der Waals surface area (Å²) in [6.45, 7) is 5.28. The van der Waals surface area contributed by atoms with Gasteiger partial charge in [0, 0.05) is 0 Å². The van der Waals surface area contributed by atoms with Crippen LogP contribution in [0, 0.1) is 4.91 Å². The van der Waals surface area contributed by atoms with E-state index < -0.39 is 5.60 Å². The summed E-state index contributed by atoms with van der Waals surface area (Å²) in [6.07, 6.45) is 0. The van der Waals surface area contributed by atoms with E-state index in [1.54, 1.807) is 20.8 Å². The molecule has 8 heavy (non-hydrogen) atoms. The van der Waals surface area contributed by atoms with Crippen LogP contribution >= 0.6 is 0 Å². The van der Waals surface area contributed by atoms with Gasteiger partial charge in [-0.2, -0.15) is 0 Å². The summed E-state index contributed by atoms with van der Waals surface area (Å²) in [7, 11) is 0. The first-order valence-electron chi connectivity index (χ1n) is 2.07. The Kier molecular flexibility index (Phi) is 6.03. The Hall–Kier alpha value is 0.400. The Balaban J connectivity index is 0. The van der Waals surface area contributed by atoms with Gasteiger partial charge in [0.1, 0.15) is 5.60 Å². The molecule has 0 radical (unpaired) electrons. The average molecular weight is 127 g/mol. The van der Waals surface area contributed by atoms with Gasteiger partial charge >= 0.3 is 29.6 Å². The zero-order valence-electron chi connectivity index (χ0n) is 4.76. The Morgan fingerprint density at radius 1 is 1.38 bits per heavy atom. The van der Waals surface area contributed by atoms with Crippen LogP contribution in [0.5, 0.6) is 0 Å². The van der Waals surface area contributed by atoms with E-state index in [1.165, 1.54) is 0 Å². The predicted molar refractivity (Wildman–Crippen MR) is 33.8 cm³/mol. The first kappa shape index (κ1) is 11.2. The second-order valence-electron chi connectivity index (χ2n) is 2.28. The van der Waals surface area contributed by atoms with E-state index in [-0.39, 0.29) is 29.6 Å². The monoisotopic (exact) mass is 127 g/mol. The van der Waals surface area contributed by atoms with Gasteiger partial charge in [-0.05, 0) is 20.8 Å². The van der Waals surface area contributed by atoms with Crippen LogP contribution in [-0.2, 0) is 4.84 Å². The van der Waals surface area contributed by atoms with Crippen LogP contribution in [0.15, 0.2) is 5.34 Å². The van der Waals surface area contributed by atoms with Gasteiger partial charge in [0.25, 0.3) is 0 Å². The van der Waals surface area contributed by atoms with Crippen molar-refractivity contribution in [2.24, 2.45) is 5.34 Å². The zero-order valence-corrected chi connectivity index (χ0v) is 4.76. The van der Waals surface area contributed by atoms with Crippen molar-refractivity contribution in [3.8, 4) is 0 Å². The van der Waals surface area contributed by atoms with Crippen molar-refractivity contribution in [1.82, 2.24) is 0 Å². The molecule has 0 heterocycles. The molecule has 0 aliphatic rings. The molecule has 0 aromatic rings. The number of hydrogen-bond donors (Lipinski definition) is 0. The third-order valence-electron chi connectivity index (χ3n) is 0.311. The van der Waals surface area contributed by atoms with Gasteiger partial charge < -0.3 is 4.84 Å². The van der Waals surface area contributed by atoms with Gasteiger partial charge in [-0.3, -0.25) is 0 Å². The summed E-state index contributed by atoms with van der Waals surface area (Å²) < 4.78 is 0. The summed E-state index contributed by atoms with van der Waals surface area (Å²) in [5.41, 5.74) is -0.429. The van der Waals surface area contributed by atoms with Crippen LogP contribution in [0.3, 0.4) is 0 Å². The van der Waals surface area contributed by atoms with Crippen LogP contribution in [0.2, 0.25) is 0 Å². The third-order valence-corrected chi connectivity index (χ3v) is 0.311. The topological polar surface area (TPSA) is 38.7 Å². The quantitative estimate of drug-likeness (QED) is 0.297. The molecule has 0 saturated heterocycles. The molecule has 0 atom stereocenters. The van der Waals surface area contributed by atoms with E-state index in [0.29, 0.717) is 0 Å². The molecule has 0 bridgehead atoms. The molecule has 4 heteroatoms. The number of nitrogens with zero attached hydrogens (tertiary/aromatic N) is 1. The maximum atomic E-state index is 9.35. The van der Waals surface area contributed by atoms with Crippen molar-refractivity contribution in [3.63, 3.8) is 0 Å². The molecule has 0 aliphatic heterocycles. The minimum absolute atomic E-state index is 0. The molecular formula is C4H10NNaO2. The van der Waals surface area contributed by atoms with E-state index in [2.05, 4.69) is 10.2 Å². The van der Waals surface area contributed by atoms with E-state index >= 15 is 0 Å². The van der Waals surface area contributed by atoms with Crippen LogP contribution in [-0.4, -0.2) is 35.2 Å². The van der Waals surface area contributed by atoms with Crippen LogP contribution in [0.1, 0.15) is 20.8 Å². The molecule has 0 fully saturated rings. The summed E-state index contributed by atoms with van der Waals surface area (Å²) in [6, 6.07) is 0. The first-order valence-corrected chi connectivity index (χ1v) is 2.07. The van der Waals surface area contributed by atoms with Gasteiger partial charge in [0.05, 0.1) is 0 Å². The molecule has 0 amide bonds. The summed E-state index contributed by atoms with van der Waals surface area (Å²) in [5, 5.41) is 2.26. The minimum atomic E-state index is -0.429. The molecule has 44 valence electrons. The fourth-order valence-corrected chi connectivity index (χ4v) is 0.112. The standard InChI is InChI=1S/C4H9NO2.Na.H/c1-4(2,3)7-5-6;;/h1-3H3;;. The average Bonchev–Trinajstić information content (AvgIpc) is 1.30. The Bertz CT molecular complexity index is 68.9. The van der Waals surface area contributed by atoms with Crippen LogP contribution < -0.4 is 0 Å². The molecule has 3 nitrogen and oxygen atoms in total. The van der Waals surface area contributed by atoms with Crippen molar-refractivity contribution in [2.75, 3.05) is 0 Å². The van der Waals surface area contributed by atoms with Crippen molar-refractivity contribution >= 4 is 29.6 Å². The fourth-order valence-electron chi connectivity index (χ4n) is 0.112. The molecular weight excluding hydrogens is 117 g/mol. The maximum absolute atomic E-state index is 9.35. The van der Waals surface area contributed by atoms with Gasteiger partial charge in [-0.25, -0.2) is 0 Å². The third kappa shape index (κ3) is 9.64. The molecule has 0 aliphatic carbocycles. The molecule has 0 N–H and O–H groups in total. The SMILES string of the molecule is CC(C)(C)ON=O.[NaH]. The molecule has 0 spiro atoms. The second-order valence-corrected chi connectivity index (χ2v) is 2.28. The van der Waals surface area contributed by atoms with Crippen molar-refractivity contribution in [3.05, 3.63) is 4.91 Å². The van der Waals surface area contributed by atoms with Gasteiger partial charge in [-0.15, -0.1) is 4.91 Å². The zero-order chi connectivity index (χ0) is 5.91. The predicted octanol–water partition coefficient (Wildman–Crippen LogP) is 0.834. The molecule has 0 aromatic heterocycles. The Morgan fingerprint density at radius 3 is 1.75 bits per heavy atom. The summed E-state index contributed by atoms with van der Waals surface area (Å²) in [4.78, 5) is 13.6. The summed E-state index contributed by atoms with van der Waals surface area (Å²) >= 11 is 0. The molecule has 0 unspecified atom stereocenters. The Labute approximate surface area is 71.0 Å². The second kappa shape index (κ2) is 4.30. The van der Waals surface area contributed by atoms with Gasteiger partial charge in [0.15, 0.2) is 5.34 Å². The van der Waals surface area contributed by atoms with Crippen LogP contribution in [0.4, 0.5) is 0 Å². The normalized spacial score (nSPS) is 9.38. The Morgan fingerprint density at radius 2 is 1.75 bits per heavy atom. The summed E-state index contributed by atoms with van der Waals surface area (Å²) in [5.74, 6) is 0. The van der Waals surface area contributed by atoms with E-state index in [4.69, 9.17) is 0 Å². The molecule has 0 aromatic carbocycles. The van der Waals surface area contributed by atoms with E-state index in [1.807, 2.05) is 0 Å². The van der Waals surface area contributed by atoms with Crippen molar-refractivity contribution < 1.29 is 4.84 Å². The molecule has 0 rings (SSSR count). The van der Waals surface area contributed by atoms with E-state index in [9.17, 15) is 4.91 Å². The first-order chi connectivity index (χ1) is 3.06. The van der Waals surface area contributed by atoms with Gasteiger partial charge in [-0.1, -0.05) is 0 Å². The van der Waals surface area contributed by atoms with Crippen LogP contribution in [0.25, 0.3) is 0 Å². The number of hydrogen-bond acceptors (Lipinski definition) is 3. The van der Waals surface area contributed by atoms with Gasteiger partial charge in [0.2, 0.25) is 0 Å². The molecule has 0 saturated carbocycles.